The molecule has 0 spiro atoms. The van der Waals surface area contributed by atoms with Crippen molar-refractivity contribution in [2.24, 2.45) is 0 Å². The summed E-state index contributed by atoms with van der Waals surface area (Å²) < 4.78 is 8.36. The van der Waals surface area contributed by atoms with Gasteiger partial charge in [-0.05, 0) is 0 Å². The number of carbonyl (C=O) groups is 2. The standard InChI is InChI=1S/C4H5NO3S.Na.H/c6-3-1-2(9-8)4(7)5-3;;/h2,8H,1H2,(H,5,6,7);;/q;+1;-1. The Morgan fingerprint density at radius 2 is 2.30 bits per heavy atom. The van der Waals surface area contributed by atoms with Crippen LogP contribution in [0.25, 0.3) is 0 Å². The summed E-state index contributed by atoms with van der Waals surface area (Å²) in [6.07, 6.45) is 0.0972. The summed E-state index contributed by atoms with van der Waals surface area (Å²) in [5, 5.41) is 1.47. The van der Waals surface area contributed by atoms with Crippen molar-refractivity contribution in [2.45, 2.75) is 11.7 Å². The minimum absolute atomic E-state index is 0. The predicted octanol–water partition coefficient (Wildman–Crippen LogP) is -3.28. The van der Waals surface area contributed by atoms with Crippen molar-refractivity contribution < 1.29 is 45.1 Å². The largest absolute Gasteiger partial charge is 1.00 e. The monoisotopic (exact) mass is 171 g/mol. The third-order valence-corrected chi connectivity index (χ3v) is 1.69. The molecule has 52 valence electrons. The summed E-state index contributed by atoms with van der Waals surface area (Å²) >= 11 is 0.411. The van der Waals surface area contributed by atoms with Crippen LogP contribution in [-0.4, -0.2) is 21.6 Å². The van der Waals surface area contributed by atoms with Crippen LogP contribution < -0.4 is 34.9 Å². The molecule has 6 heteroatoms. The molecule has 1 atom stereocenters. The molecule has 1 saturated heterocycles. The maximum absolute atomic E-state index is 10.5. The Hall–Kier alpha value is 0.450. The van der Waals surface area contributed by atoms with Crippen LogP contribution in [0.5, 0.6) is 0 Å². The smallest absolute Gasteiger partial charge is 1.00 e. The fourth-order valence-electron chi connectivity index (χ4n) is 0.615. The Bertz CT molecular complexity index is 167. The van der Waals surface area contributed by atoms with E-state index in [1.807, 2.05) is 0 Å². The van der Waals surface area contributed by atoms with Gasteiger partial charge in [0.05, 0.1) is 6.42 Å². The Labute approximate surface area is 85.7 Å². The maximum Gasteiger partial charge on any atom is 1.00 e. The molecule has 0 aromatic heterocycles. The van der Waals surface area contributed by atoms with Crippen LogP contribution in [0.4, 0.5) is 0 Å². The van der Waals surface area contributed by atoms with E-state index >= 15 is 0 Å². The average Bonchev–Trinajstić information content (AvgIpc) is 2.10. The van der Waals surface area contributed by atoms with Gasteiger partial charge in [-0.25, -0.2) is 0 Å². The van der Waals surface area contributed by atoms with Crippen LogP contribution in [0.2, 0.25) is 0 Å². The van der Waals surface area contributed by atoms with Gasteiger partial charge in [-0.2, -0.15) is 0 Å². The zero-order valence-electron chi connectivity index (χ0n) is 6.46. The van der Waals surface area contributed by atoms with Crippen LogP contribution in [-0.2, 0) is 9.59 Å². The second-order valence-electron chi connectivity index (χ2n) is 1.71. The number of amides is 2. The molecule has 0 aliphatic carbocycles. The first-order valence-electron chi connectivity index (χ1n) is 2.38. The number of hydrogen-bond donors (Lipinski definition) is 2. The van der Waals surface area contributed by atoms with E-state index in [9.17, 15) is 9.59 Å². The molecule has 2 N–H and O–H groups in total. The molecular formula is C4H6NNaO3S. The van der Waals surface area contributed by atoms with Crippen molar-refractivity contribution in [1.82, 2.24) is 5.32 Å². The van der Waals surface area contributed by atoms with Gasteiger partial charge in [-0.1, -0.05) is 0 Å². The Morgan fingerprint density at radius 1 is 1.70 bits per heavy atom. The molecule has 0 bridgehead atoms. The zero-order chi connectivity index (χ0) is 6.85. The van der Waals surface area contributed by atoms with Gasteiger partial charge in [0.25, 0.3) is 0 Å². The fraction of sp³-hybridized carbons (Fsp3) is 0.500. The first-order chi connectivity index (χ1) is 4.24. The van der Waals surface area contributed by atoms with E-state index in [2.05, 4.69) is 5.32 Å². The third-order valence-electron chi connectivity index (χ3n) is 1.05. The van der Waals surface area contributed by atoms with Gasteiger partial charge in [0.1, 0.15) is 5.25 Å². The summed E-state index contributed by atoms with van der Waals surface area (Å²) in [7, 11) is 0. The van der Waals surface area contributed by atoms with Crippen LogP contribution >= 0.6 is 12.0 Å². The number of rotatable bonds is 1. The summed E-state index contributed by atoms with van der Waals surface area (Å²) in [6.45, 7) is 0. The van der Waals surface area contributed by atoms with Crippen LogP contribution in [0.3, 0.4) is 0 Å². The third kappa shape index (κ3) is 2.25. The summed E-state index contributed by atoms with van der Waals surface area (Å²) in [6, 6.07) is 0. The second-order valence-corrected chi connectivity index (χ2v) is 2.49. The second kappa shape index (κ2) is 4.35. The first kappa shape index (κ1) is 10.4. The van der Waals surface area contributed by atoms with Crippen molar-refractivity contribution in [3.63, 3.8) is 0 Å². The zero-order valence-corrected chi connectivity index (χ0v) is 8.27. The Balaban J connectivity index is 0. The van der Waals surface area contributed by atoms with Gasteiger partial charge in [0.2, 0.25) is 11.8 Å². The van der Waals surface area contributed by atoms with E-state index in [0.29, 0.717) is 12.0 Å². The molecule has 10 heavy (non-hydrogen) atoms. The molecule has 0 radical (unpaired) electrons. The van der Waals surface area contributed by atoms with Gasteiger partial charge in [-0.15, -0.1) is 0 Å². The molecule has 1 aliphatic rings. The SMILES string of the molecule is O=C1CC(SO)C(=O)N1.[H-].[Na+]. The van der Waals surface area contributed by atoms with Crippen LogP contribution in [0.15, 0.2) is 0 Å². The summed E-state index contributed by atoms with van der Waals surface area (Å²) in [5.41, 5.74) is 0. The van der Waals surface area contributed by atoms with Crippen molar-refractivity contribution >= 4 is 23.9 Å². The normalized spacial score (nSPS) is 23.9. The molecule has 1 unspecified atom stereocenters. The number of nitrogens with one attached hydrogen (secondary N) is 1. The topological polar surface area (TPSA) is 66.4 Å². The quantitative estimate of drug-likeness (QED) is 0.247. The Morgan fingerprint density at radius 3 is 2.50 bits per heavy atom. The van der Waals surface area contributed by atoms with Crippen molar-refractivity contribution in [3.8, 4) is 0 Å². The van der Waals surface area contributed by atoms with Gasteiger partial charge in [0.15, 0.2) is 0 Å². The molecule has 4 nitrogen and oxygen atoms in total. The van der Waals surface area contributed by atoms with Crippen molar-refractivity contribution in [1.29, 1.82) is 0 Å². The fourth-order valence-corrected chi connectivity index (χ4v) is 0.996. The van der Waals surface area contributed by atoms with E-state index in [1.165, 1.54) is 0 Å². The van der Waals surface area contributed by atoms with Crippen LogP contribution in [0, 0.1) is 0 Å². The molecule has 0 aromatic carbocycles. The Kier molecular flexibility index (Phi) is 4.55. The van der Waals surface area contributed by atoms with E-state index in [-0.39, 0.29) is 43.3 Å². The van der Waals surface area contributed by atoms with Gasteiger partial charge >= 0.3 is 29.6 Å². The van der Waals surface area contributed by atoms with Crippen molar-refractivity contribution in [2.75, 3.05) is 0 Å². The van der Waals surface area contributed by atoms with E-state index in [1.54, 1.807) is 0 Å². The summed E-state index contributed by atoms with van der Waals surface area (Å²) in [5.74, 6) is -0.709. The van der Waals surface area contributed by atoms with E-state index in [4.69, 9.17) is 4.55 Å². The first-order valence-corrected chi connectivity index (χ1v) is 3.21. The van der Waals surface area contributed by atoms with E-state index < -0.39 is 11.2 Å². The van der Waals surface area contributed by atoms with E-state index in [0.717, 1.165) is 0 Å². The predicted molar refractivity (Wildman–Crippen MR) is 32.9 cm³/mol. The van der Waals surface area contributed by atoms with Gasteiger partial charge in [-0.3, -0.25) is 14.9 Å². The van der Waals surface area contributed by atoms with Crippen LogP contribution in [0.1, 0.15) is 7.85 Å². The van der Waals surface area contributed by atoms with Crippen molar-refractivity contribution in [3.05, 3.63) is 0 Å². The molecule has 1 fully saturated rings. The molecule has 1 rings (SSSR count). The average molecular weight is 171 g/mol. The van der Waals surface area contributed by atoms with Gasteiger partial charge in [0, 0.05) is 12.0 Å². The maximum atomic E-state index is 10.5. The molecule has 1 heterocycles. The summed E-state index contributed by atoms with van der Waals surface area (Å²) in [4.78, 5) is 20.9. The molecule has 0 aromatic rings. The number of hydrogen-bond acceptors (Lipinski definition) is 4. The molecular weight excluding hydrogens is 165 g/mol. The molecule has 2 amide bonds. The minimum Gasteiger partial charge on any atom is -1.00 e. The molecule has 1 aliphatic heterocycles. The number of carbonyl (C=O) groups excluding carboxylic acids is 2. The minimum atomic E-state index is -0.586. The molecule has 0 saturated carbocycles. The number of imide groups is 1. The van der Waals surface area contributed by atoms with Gasteiger partial charge < -0.3 is 5.98 Å².